The van der Waals surface area contributed by atoms with E-state index in [1.54, 1.807) is 24.3 Å². The first kappa shape index (κ1) is 21.0. The Morgan fingerprint density at radius 2 is 1.71 bits per heavy atom. The molecule has 2 rings (SSSR count). The molecule has 1 aromatic carbocycles. The van der Waals surface area contributed by atoms with Crippen molar-refractivity contribution in [3.63, 3.8) is 0 Å². The predicted molar refractivity (Wildman–Crippen MR) is 84.4 cm³/mol. The Bertz CT molecular complexity index is 508. The molecule has 4 nitrogen and oxygen atoms in total. The maximum absolute atomic E-state index is 12.1. The zero-order chi connectivity index (χ0) is 15.2. The number of sulfonamides is 1. The van der Waals surface area contributed by atoms with Crippen LogP contribution in [-0.4, -0.2) is 20.5 Å². The predicted octanol–water partition coefficient (Wildman–Crippen LogP) is 4.56. The van der Waals surface area contributed by atoms with Crippen LogP contribution < -0.4 is 0 Å². The molecule has 0 bridgehead atoms. The molecule has 0 radical (unpaired) electrons. The van der Waals surface area contributed by atoms with Crippen LogP contribution in [0.25, 0.3) is 10.5 Å². The fraction of sp³-hybridized carbons (Fsp3) is 0.500. The van der Waals surface area contributed by atoms with E-state index < -0.39 is 10.0 Å². The zero-order valence-electron chi connectivity index (χ0n) is 12.2. The summed E-state index contributed by atoms with van der Waals surface area (Å²) in [6.07, 6.45) is 3.43. The summed E-state index contributed by atoms with van der Waals surface area (Å²) in [5.41, 5.74) is 8.87. The molecule has 120 valence electrons. The molecule has 0 saturated heterocycles. The number of hydrogen-bond acceptors (Lipinski definition) is 2. The first-order valence-electron chi connectivity index (χ1n) is 6.37. The molecule has 1 fully saturated rings. The zero-order valence-corrected chi connectivity index (χ0v) is 15.5. The van der Waals surface area contributed by atoms with Crippen LogP contribution in [0.2, 0.25) is 0 Å². The summed E-state index contributed by atoms with van der Waals surface area (Å²) in [6.45, 7) is 1.91. The molecule has 0 aliphatic heterocycles. The van der Waals surface area contributed by atoms with Crippen LogP contribution in [0.1, 0.15) is 31.2 Å². The van der Waals surface area contributed by atoms with E-state index in [9.17, 15) is 8.42 Å². The van der Waals surface area contributed by atoms with Gasteiger partial charge in [0.15, 0.2) is 0 Å². The summed E-state index contributed by atoms with van der Waals surface area (Å²) in [6, 6.07) is 5.94. The van der Waals surface area contributed by atoms with Gasteiger partial charge in [-0.2, -0.15) is 6.04 Å². The SMILES string of the molecule is Cc1ccc(S(=O)(=O)[N-][C@H]2CCCC[C@@H]2[NH-])cc1.[CH3-].[Cl][Ru+3]. The normalized spacial score (nSPS) is 21.7. The molecule has 0 spiro atoms. The summed E-state index contributed by atoms with van der Waals surface area (Å²) in [7, 11) is 0.964. The molecule has 0 unspecified atom stereocenters. The summed E-state index contributed by atoms with van der Waals surface area (Å²) >= 11 is 1.82. The Labute approximate surface area is 142 Å². The van der Waals surface area contributed by atoms with Gasteiger partial charge in [-0.3, -0.25) is 0 Å². The van der Waals surface area contributed by atoms with Crippen molar-refractivity contribution in [2.45, 2.75) is 49.6 Å². The van der Waals surface area contributed by atoms with E-state index in [0.717, 1.165) is 24.8 Å². The number of rotatable bonds is 3. The number of nitrogens with one attached hydrogen (secondary N) is 1. The molecule has 0 heterocycles. The monoisotopic (exact) mass is 418 g/mol. The van der Waals surface area contributed by atoms with Crippen LogP contribution >= 0.6 is 9.69 Å². The van der Waals surface area contributed by atoms with Gasteiger partial charge in [0, 0.05) is 4.90 Å². The van der Waals surface area contributed by atoms with Crippen molar-refractivity contribution in [1.29, 1.82) is 0 Å². The van der Waals surface area contributed by atoms with Crippen molar-refractivity contribution in [1.82, 2.24) is 0 Å². The van der Waals surface area contributed by atoms with Gasteiger partial charge in [0.1, 0.15) is 10.0 Å². The Balaban J connectivity index is 0.00000128. The molecule has 7 heteroatoms. The molecule has 1 aliphatic rings. The van der Waals surface area contributed by atoms with Crippen LogP contribution in [0, 0.1) is 14.4 Å². The molecular formula is C14H21ClN2O2RuS. The molecule has 21 heavy (non-hydrogen) atoms. The van der Waals surface area contributed by atoms with Gasteiger partial charge < -0.3 is 17.9 Å². The molecule has 1 aliphatic carbocycles. The Morgan fingerprint density at radius 3 is 2.24 bits per heavy atom. The van der Waals surface area contributed by atoms with Gasteiger partial charge in [-0.25, -0.2) is 8.42 Å². The topological polar surface area (TPSA) is 72.0 Å². The molecule has 2 atom stereocenters. The van der Waals surface area contributed by atoms with Gasteiger partial charge in [-0.1, -0.05) is 43.4 Å². The van der Waals surface area contributed by atoms with Crippen molar-refractivity contribution >= 4 is 19.7 Å². The second kappa shape index (κ2) is 9.91. The van der Waals surface area contributed by atoms with E-state index in [-0.39, 0.29) is 24.4 Å². The van der Waals surface area contributed by atoms with Gasteiger partial charge in [0.25, 0.3) is 0 Å². The van der Waals surface area contributed by atoms with Gasteiger partial charge in [-0.05, 0) is 19.1 Å². The number of hydrogen-bond donors (Lipinski definition) is 0. The Morgan fingerprint density at radius 1 is 1.19 bits per heavy atom. The first-order valence-corrected chi connectivity index (χ1v) is 10.0. The summed E-state index contributed by atoms with van der Waals surface area (Å²) < 4.78 is 28.1. The van der Waals surface area contributed by atoms with Crippen LogP contribution in [0.5, 0.6) is 0 Å². The fourth-order valence-corrected chi connectivity index (χ4v) is 3.40. The van der Waals surface area contributed by atoms with Crippen LogP contribution in [0.3, 0.4) is 0 Å². The van der Waals surface area contributed by atoms with E-state index in [1.165, 1.54) is 0 Å². The first-order chi connectivity index (χ1) is 9.49. The third kappa shape index (κ3) is 6.33. The second-order valence-corrected chi connectivity index (χ2v) is 6.48. The van der Waals surface area contributed by atoms with E-state index in [4.69, 9.17) is 5.73 Å². The van der Waals surface area contributed by atoms with Gasteiger partial charge in [0.2, 0.25) is 0 Å². The fourth-order valence-electron chi connectivity index (χ4n) is 2.19. The Kier molecular flexibility index (Phi) is 9.91. The summed E-state index contributed by atoms with van der Waals surface area (Å²) in [5, 5.41) is 0. The summed E-state index contributed by atoms with van der Waals surface area (Å²) in [4.78, 5) is 0.228. The minimum atomic E-state index is -3.60. The second-order valence-electron chi connectivity index (χ2n) is 4.85. The molecule has 1 N–H and O–H groups in total. The molecule has 0 amide bonds. The number of halogens is 1. The van der Waals surface area contributed by atoms with Crippen LogP contribution in [0.15, 0.2) is 29.2 Å². The maximum atomic E-state index is 12.1. The third-order valence-corrected chi connectivity index (χ3v) is 4.74. The van der Waals surface area contributed by atoms with Gasteiger partial charge >= 0.3 is 27.0 Å². The van der Waals surface area contributed by atoms with Crippen LogP contribution in [0.4, 0.5) is 0 Å². The van der Waals surface area contributed by atoms with E-state index in [1.807, 2.05) is 24.2 Å². The van der Waals surface area contributed by atoms with Gasteiger partial charge in [0.05, 0.1) is 0 Å². The van der Waals surface area contributed by atoms with E-state index in [0.29, 0.717) is 6.42 Å². The van der Waals surface area contributed by atoms with Crippen molar-refractivity contribution in [3.8, 4) is 0 Å². The van der Waals surface area contributed by atoms with E-state index in [2.05, 4.69) is 14.4 Å². The Hall–Kier alpha value is 0.00338. The van der Waals surface area contributed by atoms with E-state index >= 15 is 0 Å². The minimum absolute atomic E-state index is 0. The summed E-state index contributed by atoms with van der Waals surface area (Å²) in [5.74, 6) is 0. The molecule has 1 saturated carbocycles. The quantitative estimate of drug-likeness (QED) is 0.534. The van der Waals surface area contributed by atoms with Crippen LogP contribution in [-0.2, 0) is 27.3 Å². The third-order valence-electron chi connectivity index (χ3n) is 3.32. The van der Waals surface area contributed by atoms with Crippen molar-refractivity contribution < 1.29 is 25.7 Å². The average molecular weight is 418 g/mol. The van der Waals surface area contributed by atoms with Crippen molar-refractivity contribution in [2.75, 3.05) is 0 Å². The number of nitrogens with zero attached hydrogens (tertiary/aromatic N) is 1. The molecule has 0 aromatic heterocycles. The average Bonchev–Trinajstić information content (AvgIpc) is 2.44. The van der Waals surface area contributed by atoms with Gasteiger partial charge in [-0.15, -0.1) is 6.04 Å². The van der Waals surface area contributed by atoms with Crippen molar-refractivity contribution in [3.05, 3.63) is 47.7 Å². The standard InChI is InChI=1S/C13H18N2O2S.CH3.ClH.Ru/c1-10-6-8-11(9-7-10)18(16,17)15-13-5-3-2-4-12(13)14;;;/h6-9,12-14H,2-5H2,1H3;1H3;1H;/q-2;-1;;+4/p-1/t12-,13-;;;/m0.../s1. The number of benzene rings is 1. The number of aryl methyl sites for hydroxylation is 1. The molecular weight excluding hydrogens is 397 g/mol. The molecule has 1 aromatic rings. The van der Waals surface area contributed by atoms with Crippen molar-refractivity contribution in [2.24, 2.45) is 0 Å².